The molecule has 0 heterocycles. The number of hydrogen-bond donors (Lipinski definition) is 2. The van der Waals surface area contributed by atoms with Crippen molar-refractivity contribution in [2.45, 2.75) is 6.92 Å². The van der Waals surface area contributed by atoms with Crippen LogP contribution in [0, 0.1) is 12.7 Å². The Morgan fingerprint density at radius 2 is 2.05 bits per heavy atom. The number of esters is 1. The summed E-state index contributed by atoms with van der Waals surface area (Å²) in [5, 5.41) is 2.95. The van der Waals surface area contributed by atoms with Gasteiger partial charge in [0.15, 0.2) is 0 Å². The van der Waals surface area contributed by atoms with Crippen LogP contribution in [-0.4, -0.2) is 13.1 Å². The van der Waals surface area contributed by atoms with Crippen molar-refractivity contribution in [3.63, 3.8) is 0 Å². The van der Waals surface area contributed by atoms with E-state index in [0.29, 0.717) is 17.1 Å². The molecule has 20 heavy (non-hydrogen) atoms. The minimum absolute atomic E-state index is 0.242. The van der Waals surface area contributed by atoms with Gasteiger partial charge in [-0.25, -0.2) is 9.18 Å². The average Bonchev–Trinajstić information content (AvgIpc) is 2.44. The first-order chi connectivity index (χ1) is 9.52. The molecule has 2 aromatic carbocycles. The molecule has 2 aromatic rings. The Kier molecular flexibility index (Phi) is 3.89. The number of aryl methyl sites for hydroxylation is 1. The molecule has 0 amide bonds. The molecule has 4 nitrogen and oxygen atoms in total. The Bertz CT molecular complexity index is 636. The van der Waals surface area contributed by atoms with E-state index in [-0.39, 0.29) is 11.4 Å². The van der Waals surface area contributed by atoms with Crippen LogP contribution >= 0.6 is 0 Å². The maximum absolute atomic E-state index is 13.8. The monoisotopic (exact) mass is 274 g/mol. The highest BCUT2D eigenvalue weighted by Crippen LogP contribution is 2.26. The standard InChI is InChI=1S/C15H15FN2O2/c1-9-4-3-5-12(16)14(9)18-10-6-7-13(17)11(8-10)15(19)20-2/h3-8,18H,17H2,1-2H3. The molecular weight excluding hydrogens is 259 g/mol. The molecule has 0 aromatic heterocycles. The molecule has 0 bridgehead atoms. The number of carbonyl (C=O) groups is 1. The lowest BCUT2D eigenvalue weighted by atomic mass is 10.1. The largest absolute Gasteiger partial charge is 0.465 e. The van der Waals surface area contributed by atoms with Crippen LogP contribution in [0.4, 0.5) is 21.5 Å². The number of ether oxygens (including phenoxy) is 1. The third-order valence-corrected chi connectivity index (χ3v) is 2.95. The van der Waals surface area contributed by atoms with Crippen molar-refractivity contribution < 1.29 is 13.9 Å². The van der Waals surface area contributed by atoms with Crippen LogP contribution in [0.15, 0.2) is 36.4 Å². The van der Waals surface area contributed by atoms with Crippen LogP contribution in [-0.2, 0) is 4.74 Å². The Labute approximate surface area is 116 Å². The molecule has 104 valence electrons. The fourth-order valence-corrected chi connectivity index (χ4v) is 1.86. The van der Waals surface area contributed by atoms with E-state index in [1.807, 2.05) is 0 Å². The fourth-order valence-electron chi connectivity index (χ4n) is 1.86. The first kappa shape index (κ1) is 13.9. The van der Waals surface area contributed by atoms with E-state index in [9.17, 15) is 9.18 Å². The van der Waals surface area contributed by atoms with E-state index in [2.05, 4.69) is 10.1 Å². The van der Waals surface area contributed by atoms with Gasteiger partial charge in [0.05, 0.1) is 18.4 Å². The number of anilines is 3. The van der Waals surface area contributed by atoms with E-state index >= 15 is 0 Å². The lowest BCUT2D eigenvalue weighted by molar-refractivity contribution is 0.0602. The van der Waals surface area contributed by atoms with Crippen molar-refractivity contribution in [3.05, 3.63) is 53.3 Å². The van der Waals surface area contributed by atoms with Crippen LogP contribution in [0.5, 0.6) is 0 Å². The molecule has 0 atom stereocenters. The number of nitrogens with two attached hydrogens (primary N) is 1. The summed E-state index contributed by atoms with van der Waals surface area (Å²) in [5.41, 5.74) is 7.97. The van der Waals surface area contributed by atoms with Gasteiger partial charge in [0.2, 0.25) is 0 Å². The quantitative estimate of drug-likeness (QED) is 0.666. The molecule has 0 aliphatic heterocycles. The van der Waals surface area contributed by atoms with Crippen LogP contribution < -0.4 is 11.1 Å². The minimum atomic E-state index is -0.531. The van der Waals surface area contributed by atoms with Crippen molar-refractivity contribution in [1.82, 2.24) is 0 Å². The zero-order valence-electron chi connectivity index (χ0n) is 11.2. The van der Waals surface area contributed by atoms with Gasteiger partial charge in [-0.05, 0) is 36.8 Å². The van der Waals surface area contributed by atoms with Crippen molar-refractivity contribution in [2.75, 3.05) is 18.2 Å². The van der Waals surface area contributed by atoms with Crippen molar-refractivity contribution >= 4 is 23.0 Å². The number of methoxy groups -OCH3 is 1. The van der Waals surface area contributed by atoms with Crippen LogP contribution in [0.3, 0.4) is 0 Å². The average molecular weight is 274 g/mol. The first-order valence-corrected chi connectivity index (χ1v) is 6.03. The number of hydrogen-bond acceptors (Lipinski definition) is 4. The Hall–Kier alpha value is -2.56. The maximum Gasteiger partial charge on any atom is 0.340 e. The molecule has 5 heteroatoms. The summed E-state index contributed by atoms with van der Waals surface area (Å²) in [7, 11) is 1.28. The molecule has 0 fully saturated rings. The molecule has 3 N–H and O–H groups in total. The number of nitrogen functional groups attached to an aromatic ring is 1. The van der Waals surface area contributed by atoms with E-state index in [4.69, 9.17) is 5.73 Å². The SMILES string of the molecule is COC(=O)c1cc(Nc2c(C)cccc2F)ccc1N. The number of nitrogens with one attached hydrogen (secondary N) is 1. The number of carbonyl (C=O) groups excluding carboxylic acids is 1. The summed E-state index contributed by atoms with van der Waals surface area (Å²) in [4.78, 5) is 11.6. The second kappa shape index (κ2) is 5.61. The van der Waals surface area contributed by atoms with E-state index in [1.54, 1.807) is 31.2 Å². The normalized spacial score (nSPS) is 10.2. The lowest BCUT2D eigenvalue weighted by Gasteiger charge is -2.12. The minimum Gasteiger partial charge on any atom is -0.465 e. The van der Waals surface area contributed by atoms with Gasteiger partial charge in [-0.15, -0.1) is 0 Å². The zero-order chi connectivity index (χ0) is 14.7. The van der Waals surface area contributed by atoms with Crippen LogP contribution in [0.2, 0.25) is 0 Å². The van der Waals surface area contributed by atoms with Crippen molar-refractivity contribution in [1.29, 1.82) is 0 Å². The number of halogens is 1. The van der Waals surface area contributed by atoms with Gasteiger partial charge < -0.3 is 15.8 Å². The molecule has 0 saturated carbocycles. The topological polar surface area (TPSA) is 64.3 Å². The Balaban J connectivity index is 2.37. The Morgan fingerprint density at radius 3 is 2.70 bits per heavy atom. The molecule has 0 spiro atoms. The molecular formula is C15H15FN2O2. The molecule has 2 rings (SSSR count). The smallest absolute Gasteiger partial charge is 0.340 e. The number of benzene rings is 2. The van der Waals surface area contributed by atoms with Gasteiger partial charge in [-0.2, -0.15) is 0 Å². The molecule has 0 aliphatic carbocycles. The summed E-state index contributed by atoms with van der Waals surface area (Å²) in [6, 6.07) is 9.59. The molecule has 0 radical (unpaired) electrons. The third kappa shape index (κ3) is 2.71. The summed E-state index contributed by atoms with van der Waals surface area (Å²) < 4.78 is 18.4. The van der Waals surface area contributed by atoms with E-state index in [0.717, 1.165) is 5.56 Å². The number of rotatable bonds is 3. The predicted molar refractivity (Wildman–Crippen MR) is 76.6 cm³/mol. The van der Waals surface area contributed by atoms with Crippen LogP contribution in [0.25, 0.3) is 0 Å². The molecule has 0 aliphatic rings. The van der Waals surface area contributed by atoms with E-state index in [1.165, 1.54) is 19.2 Å². The van der Waals surface area contributed by atoms with Gasteiger partial charge in [0.25, 0.3) is 0 Å². The number of para-hydroxylation sites is 1. The first-order valence-electron chi connectivity index (χ1n) is 6.03. The van der Waals surface area contributed by atoms with Crippen molar-refractivity contribution in [3.8, 4) is 0 Å². The van der Waals surface area contributed by atoms with Crippen molar-refractivity contribution in [2.24, 2.45) is 0 Å². The second-order valence-electron chi connectivity index (χ2n) is 4.35. The van der Waals surface area contributed by atoms with Gasteiger partial charge in [-0.3, -0.25) is 0 Å². The predicted octanol–water partition coefficient (Wildman–Crippen LogP) is 3.25. The van der Waals surface area contributed by atoms with Gasteiger partial charge >= 0.3 is 5.97 Å². The highest BCUT2D eigenvalue weighted by Gasteiger charge is 2.12. The highest BCUT2D eigenvalue weighted by atomic mass is 19.1. The fraction of sp³-hybridized carbons (Fsp3) is 0.133. The summed E-state index contributed by atoms with van der Waals surface area (Å²) >= 11 is 0. The lowest BCUT2D eigenvalue weighted by Crippen LogP contribution is -2.06. The maximum atomic E-state index is 13.8. The van der Waals surface area contributed by atoms with E-state index < -0.39 is 5.97 Å². The van der Waals surface area contributed by atoms with Gasteiger partial charge in [-0.1, -0.05) is 12.1 Å². The summed E-state index contributed by atoms with van der Waals surface area (Å²) in [6.07, 6.45) is 0. The van der Waals surface area contributed by atoms with Gasteiger partial charge in [0.1, 0.15) is 5.82 Å². The molecule has 0 saturated heterocycles. The third-order valence-electron chi connectivity index (χ3n) is 2.95. The zero-order valence-corrected chi connectivity index (χ0v) is 11.2. The Morgan fingerprint density at radius 1 is 1.30 bits per heavy atom. The van der Waals surface area contributed by atoms with Crippen LogP contribution in [0.1, 0.15) is 15.9 Å². The van der Waals surface area contributed by atoms with Gasteiger partial charge in [0, 0.05) is 11.4 Å². The highest BCUT2D eigenvalue weighted by molar-refractivity contribution is 5.96. The molecule has 0 unspecified atom stereocenters. The second-order valence-corrected chi connectivity index (χ2v) is 4.35. The summed E-state index contributed by atoms with van der Waals surface area (Å²) in [6.45, 7) is 1.80. The summed E-state index contributed by atoms with van der Waals surface area (Å²) in [5.74, 6) is -0.891.